The normalized spacial score (nSPS) is 14.2. The van der Waals surface area contributed by atoms with Crippen LogP contribution in [0.1, 0.15) is 45.2 Å². The molecule has 20 heavy (non-hydrogen) atoms. The SMILES string of the molecule is CCCNC(CC)(CCCn1ncc(Cl)c1C)C(=O)O. The first-order chi connectivity index (χ1) is 9.46. The molecule has 1 aromatic rings. The number of nitrogens with zero attached hydrogens (tertiary/aromatic N) is 2. The molecule has 1 atom stereocenters. The smallest absolute Gasteiger partial charge is 0.323 e. The molecular formula is C14H24ClN3O2. The van der Waals surface area contributed by atoms with Gasteiger partial charge in [-0.05, 0) is 39.2 Å². The lowest BCUT2D eigenvalue weighted by atomic mass is 9.90. The summed E-state index contributed by atoms with van der Waals surface area (Å²) < 4.78 is 1.82. The van der Waals surface area contributed by atoms with Gasteiger partial charge >= 0.3 is 5.97 Å². The second kappa shape index (κ2) is 7.64. The van der Waals surface area contributed by atoms with Gasteiger partial charge in [-0.2, -0.15) is 5.10 Å². The first kappa shape index (κ1) is 17.0. The number of carboxylic acids is 1. The Morgan fingerprint density at radius 3 is 2.70 bits per heavy atom. The summed E-state index contributed by atoms with van der Waals surface area (Å²) in [5.41, 5.74) is 0.0894. The van der Waals surface area contributed by atoms with Crippen LogP contribution in [0.2, 0.25) is 5.02 Å². The van der Waals surface area contributed by atoms with Crippen LogP contribution in [0.3, 0.4) is 0 Å². The third-order valence-electron chi connectivity index (χ3n) is 3.74. The maximum atomic E-state index is 11.6. The van der Waals surface area contributed by atoms with Crippen LogP contribution in [-0.4, -0.2) is 32.9 Å². The van der Waals surface area contributed by atoms with Crippen molar-refractivity contribution >= 4 is 17.6 Å². The fourth-order valence-electron chi connectivity index (χ4n) is 2.27. The van der Waals surface area contributed by atoms with Gasteiger partial charge in [-0.1, -0.05) is 25.4 Å². The van der Waals surface area contributed by atoms with Crippen molar-refractivity contribution in [3.8, 4) is 0 Å². The molecule has 0 bridgehead atoms. The fraction of sp³-hybridized carbons (Fsp3) is 0.714. The molecule has 0 fully saturated rings. The van der Waals surface area contributed by atoms with Gasteiger partial charge in [-0.25, -0.2) is 0 Å². The summed E-state index contributed by atoms with van der Waals surface area (Å²) in [5.74, 6) is -0.774. The lowest BCUT2D eigenvalue weighted by Crippen LogP contribution is -2.52. The van der Waals surface area contributed by atoms with E-state index in [0.29, 0.717) is 31.0 Å². The highest BCUT2D eigenvalue weighted by Crippen LogP contribution is 2.20. The Balaban J connectivity index is 2.62. The molecule has 0 aliphatic heterocycles. The summed E-state index contributed by atoms with van der Waals surface area (Å²) in [6.07, 6.45) is 4.44. The van der Waals surface area contributed by atoms with E-state index >= 15 is 0 Å². The molecule has 0 spiro atoms. The molecule has 114 valence electrons. The third-order valence-corrected chi connectivity index (χ3v) is 4.11. The monoisotopic (exact) mass is 301 g/mol. The second-order valence-corrected chi connectivity index (χ2v) is 5.48. The van der Waals surface area contributed by atoms with Crippen molar-refractivity contribution in [3.63, 3.8) is 0 Å². The lowest BCUT2D eigenvalue weighted by Gasteiger charge is -2.29. The van der Waals surface area contributed by atoms with Crippen molar-refractivity contribution in [2.45, 2.75) is 58.5 Å². The fourth-order valence-corrected chi connectivity index (χ4v) is 2.41. The van der Waals surface area contributed by atoms with Gasteiger partial charge in [-0.3, -0.25) is 9.48 Å². The van der Waals surface area contributed by atoms with Crippen LogP contribution >= 0.6 is 11.6 Å². The molecule has 0 amide bonds. The van der Waals surface area contributed by atoms with Gasteiger partial charge in [0.25, 0.3) is 0 Å². The minimum absolute atomic E-state index is 0.571. The molecule has 6 heteroatoms. The molecule has 0 aliphatic rings. The van der Waals surface area contributed by atoms with Crippen LogP contribution in [0.15, 0.2) is 6.20 Å². The first-order valence-corrected chi connectivity index (χ1v) is 7.51. The molecule has 0 saturated heterocycles. The average molecular weight is 302 g/mol. The summed E-state index contributed by atoms with van der Waals surface area (Å²) in [6, 6.07) is 0. The maximum Gasteiger partial charge on any atom is 0.323 e. The summed E-state index contributed by atoms with van der Waals surface area (Å²) in [7, 11) is 0. The number of halogens is 1. The van der Waals surface area contributed by atoms with Gasteiger partial charge in [0.15, 0.2) is 0 Å². The van der Waals surface area contributed by atoms with E-state index < -0.39 is 11.5 Å². The van der Waals surface area contributed by atoms with Crippen molar-refractivity contribution < 1.29 is 9.90 Å². The zero-order valence-corrected chi connectivity index (χ0v) is 13.2. The van der Waals surface area contributed by atoms with E-state index in [9.17, 15) is 9.90 Å². The van der Waals surface area contributed by atoms with E-state index in [1.165, 1.54) is 0 Å². The number of carbonyl (C=O) groups is 1. The topological polar surface area (TPSA) is 67.2 Å². The Morgan fingerprint density at radius 2 is 2.25 bits per heavy atom. The number of hydrogen-bond acceptors (Lipinski definition) is 3. The molecule has 5 nitrogen and oxygen atoms in total. The molecule has 1 heterocycles. The number of carboxylic acid groups (broad SMARTS) is 1. The maximum absolute atomic E-state index is 11.6. The molecule has 1 aromatic heterocycles. The predicted molar refractivity (Wildman–Crippen MR) is 80.2 cm³/mol. The van der Waals surface area contributed by atoms with Crippen LogP contribution in [0, 0.1) is 6.92 Å². The van der Waals surface area contributed by atoms with Crippen molar-refractivity contribution in [3.05, 3.63) is 16.9 Å². The zero-order valence-electron chi connectivity index (χ0n) is 12.4. The summed E-state index contributed by atoms with van der Waals surface area (Å²) >= 11 is 5.95. The number of aromatic nitrogens is 2. The van der Waals surface area contributed by atoms with Gasteiger partial charge in [0.05, 0.1) is 16.9 Å². The van der Waals surface area contributed by atoms with E-state index in [1.54, 1.807) is 6.20 Å². The Kier molecular flexibility index (Phi) is 6.49. The predicted octanol–water partition coefficient (Wildman–Crippen LogP) is 2.86. The van der Waals surface area contributed by atoms with Gasteiger partial charge in [0.2, 0.25) is 0 Å². The number of nitrogens with one attached hydrogen (secondary N) is 1. The third kappa shape index (κ3) is 3.96. The van der Waals surface area contributed by atoms with Crippen LogP contribution in [0.25, 0.3) is 0 Å². The van der Waals surface area contributed by atoms with E-state index in [0.717, 1.165) is 18.5 Å². The van der Waals surface area contributed by atoms with E-state index in [2.05, 4.69) is 10.4 Å². The average Bonchev–Trinajstić information content (AvgIpc) is 2.74. The minimum atomic E-state index is -0.832. The highest BCUT2D eigenvalue weighted by atomic mass is 35.5. The Labute approximate surface area is 125 Å². The van der Waals surface area contributed by atoms with Crippen LogP contribution in [0.5, 0.6) is 0 Å². The molecule has 0 aliphatic carbocycles. The molecular weight excluding hydrogens is 278 g/mol. The molecule has 0 radical (unpaired) electrons. The summed E-state index contributed by atoms with van der Waals surface area (Å²) in [5, 5.41) is 17.5. The molecule has 0 aromatic carbocycles. The molecule has 1 unspecified atom stereocenters. The van der Waals surface area contributed by atoms with Crippen LogP contribution in [-0.2, 0) is 11.3 Å². The minimum Gasteiger partial charge on any atom is -0.480 e. The molecule has 1 rings (SSSR count). The van der Waals surface area contributed by atoms with Gasteiger partial charge in [-0.15, -0.1) is 0 Å². The van der Waals surface area contributed by atoms with Crippen molar-refractivity contribution in [1.82, 2.24) is 15.1 Å². The van der Waals surface area contributed by atoms with Crippen molar-refractivity contribution in [1.29, 1.82) is 0 Å². The van der Waals surface area contributed by atoms with Gasteiger partial charge in [0.1, 0.15) is 5.54 Å². The Hall–Kier alpha value is -1.07. The first-order valence-electron chi connectivity index (χ1n) is 7.13. The van der Waals surface area contributed by atoms with Gasteiger partial charge < -0.3 is 10.4 Å². The molecule has 0 saturated carbocycles. The number of hydrogen-bond donors (Lipinski definition) is 2. The van der Waals surface area contributed by atoms with E-state index in [1.807, 2.05) is 25.5 Å². The van der Waals surface area contributed by atoms with Crippen molar-refractivity contribution in [2.75, 3.05) is 6.54 Å². The zero-order chi connectivity index (χ0) is 15.2. The number of aliphatic carboxylic acids is 1. The van der Waals surface area contributed by atoms with E-state index in [4.69, 9.17) is 11.6 Å². The number of aryl methyl sites for hydroxylation is 1. The highest BCUT2D eigenvalue weighted by Gasteiger charge is 2.35. The van der Waals surface area contributed by atoms with Crippen molar-refractivity contribution in [2.24, 2.45) is 0 Å². The van der Waals surface area contributed by atoms with Gasteiger partial charge in [0, 0.05) is 6.54 Å². The second-order valence-electron chi connectivity index (χ2n) is 5.07. The Bertz CT molecular complexity index is 448. The van der Waals surface area contributed by atoms with Crippen LogP contribution in [0.4, 0.5) is 0 Å². The van der Waals surface area contributed by atoms with Crippen LogP contribution < -0.4 is 5.32 Å². The summed E-state index contributed by atoms with van der Waals surface area (Å²) in [6.45, 7) is 7.25. The summed E-state index contributed by atoms with van der Waals surface area (Å²) in [4.78, 5) is 11.6. The quantitative estimate of drug-likeness (QED) is 0.736. The highest BCUT2D eigenvalue weighted by molar-refractivity contribution is 6.31. The lowest BCUT2D eigenvalue weighted by molar-refractivity contribution is -0.145. The molecule has 2 N–H and O–H groups in total. The standard InChI is InChI=1S/C14H24ClN3O2/c1-4-8-16-14(5-2,13(19)20)7-6-9-18-11(3)12(15)10-17-18/h10,16H,4-9H2,1-3H3,(H,19,20). The number of rotatable bonds is 9. The van der Waals surface area contributed by atoms with E-state index in [-0.39, 0.29) is 0 Å². The Morgan fingerprint density at radius 1 is 1.55 bits per heavy atom. The largest absolute Gasteiger partial charge is 0.480 e.